The van der Waals surface area contributed by atoms with Crippen LogP contribution in [0.5, 0.6) is 11.5 Å². The number of para-hydroxylation sites is 2. The Bertz CT molecular complexity index is 729. The molecule has 124 valence electrons. The number of carbonyl (C=O) groups is 1. The first-order valence-electron chi connectivity index (χ1n) is 8.17. The van der Waals surface area contributed by atoms with Gasteiger partial charge in [-0.15, -0.1) is 0 Å². The maximum atomic E-state index is 11.9. The van der Waals surface area contributed by atoms with Crippen LogP contribution in [-0.4, -0.2) is 36.2 Å². The minimum Gasteiger partial charge on any atom is -0.486 e. The normalized spacial score (nSPS) is 18.8. The number of carbonyl (C=O) groups excluding carboxylic acids is 1. The lowest BCUT2D eigenvalue weighted by Crippen LogP contribution is -2.35. The van der Waals surface area contributed by atoms with E-state index in [1.165, 1.54) is 0 Å². The van der Waals surface area contributed by atoms with Gasteiger partial charge in [-0.2, -0.15) is 0 Å². The van der Waals surface area contributed by atoms with Crippen LogP contribution in [0.4, 0.5) is 5.82 Å². The van der Waals surface area contributed by atoms with Crippen molar-refractivity contribution in [2.75, 3.05) is 18.5 Å². The number of ether oxygens (including phenoxy) is 2. The quantitative estimate of drug-likeness (QED) is 0.882. The Hall–Kier alpha value is -2.76. The summed E-state index contributed by atoms with van der Waals surface area (Å²) in [6, 6.07) is 11.6. The molecule has 0 spiro atoms. The lowest BCUT2D eigenvalue weighted by molar-refractivity contribution is 0.0950. The van der Waals surface area contributed by atoms with Crippen LogP contribution in [0.25, 0.3) is 0 Å². The van der Waals surface area contributed by atoms with Crippen LogP contribution in [-0.2, 0) is 0 Å². The second-order valence-corrected chi connectivity index (χ2v) is 6.06. The van der Waals surface area contributed by atoms with Gasteiger partial charge < -0.3 is 20.1 Å². The van der Waals surface area contributed by atoms with Crippen LogP contribution < -0.4 is 20.1 Å². The Morgan fingerprint density at radius 1 is 1.17 bits per heavy atom. The van der Waals surface area contributed by atoms with Crippen molar-refractivity contribution >= 4 is 11.7 Å². The third-order valence-electron chi connectivity index (χ3n) is 4.02. The lowest BCUT2D eigenvalue weighted by Gasteiger charge is -2.26. The van der Waals surface area contributed by atoms with Gasteiger partial charge in [-0.3, -0.25) is 4.79 Å². The largest absolute Gasteiger partial charge is 0.486 e. The number of nitrogens with one attached hydrogen (secondary N) is 2. The Labute approximate surface area is 140 Å². The highest BCUT2D eigenvalue weighted by atomic mass is 16.6. The summed E-state index contributed by atoms with van der Waals surface area (Å²) in [6.07, 6.45) is 3.66. The summed E-state index contributed by atoms with van der Waals surface area (Å²) in [7, 11) is 0. The summed E-state index contributed by atoms with van der Waals surface area (Å²) in [6.45, 7) is 1.07. The summed E-state index contributed by atoms with van der Waals surface area (Å²) in [4.78, 5) is 16.2. The third kappa shape index (κ3) is 3.42. The van der Waals surface area contributed by atoms with E-state index in [-0.39, 0.29) is 12.0 Å². The number of hydrogen-bond acceptors (Lipinski definition) is 5. The summed E-state index contributed by atoms with van der Waals surface area (Å²) in [5.41, 5.74) is 0.582. The van der Waals surface area contributed by atoms with Gasteiger partial charge in [-0.1, -0.05) is 12.1 Å². The number of nitrogens with zero attached hydrogens (tertiary/aromatic N) is 1. The van der Waals surface area contributed by atoms with E-state index in [0.29, 0.717) is 30.6 Å². The monoisotopic (exact) mass is 325 g/mol. The Kier molecular flexibility index (Phi) is 3.94. The molecule has 6 heteroatoms. The number of rotatable bonds is 5. The van der Waals surface area contributed by atoms with E-state index in [2.05, 4.69) is 15.6 Å². The van der Waals surface area contributed by atoms with E-state index >= 15 is 0 Å². The minimum atomic E-state index is -0.0838. The zero-order chi connectivity index (χ0) is 16.4. The zero-order valence-corrected chi connectivity index (χ0v) is 13.2. The Balaban J connectivity index is 1.30. The second kappa shape index (κ2) is 6.39. The highest BCUT2D eigenvalue weighted by Gasteiger charge is 2.24. The summed E-state index contributed by atoms with van der Waals surface area (Å²) in [5.74, 6) is 2.19. The molecule has 6 nitrogen and oxygen atoms in total. The molecule has 1 atom stereocenters. The van der Waals surface area contributed by atoms with Gasteiger partial charge in [0.25, 0.3) is 5.91 Å². The summed E-state index contributed by atoms with van der Waals surface area (Å²) >= 11 is 0. The number of hydrogen-bond donors (Lipinski definition) is 2. The van der Waals surface area contributed by atoms with Crippen LogP contribution in [0, 0.1) is 0 Å². The lowest BCUT2D eigenvalue weighted by atomic mass is 10.2. The van der Waals surface area contributed by atoms with Gasteiger partial charge in [0.05, 0.1) is 12.1 Å². The van der Waals surface area contributed by atoms with Crippen LogP contribution in [0.15, 0.2) is 42.6 Å². The van der Waals surface area contributed by atoms with Crippen molar-refractivity contribution in [2.24, 2.45) is 0 Å². The molecule has 24 heavy (non-hydrogen) atoms. The molecule has 1 unspecified atom stereocenters. The van der Waals surface area contributed by atoms with Crippen molar-refractivity contribution in [1.29, 1.82) is 0 Å². The van der Waals surface area contributed by atoms with Gasteiger partial charge in [0, 0.05) is 12.2 Å². The molecule has 0 saturated heterocycles. The number of pyridine rings is 1. The van der Waals surface area contributed by atoms with Crippen molar-refractivity contribution in [3.05, 3.63) is 48.2 Å². The molecule has 1 saturated carbocycles. The average Bonchev–Trinajstić information content (AvgIpc) is 3.44. The Morgan fingerprint density at radius 3 is 2.75 bits per heavy atom. The molecule has 1 aromatic carbocycles. The highest BCUT2D eigenvalue weighted by Crippen LogP contribution is 2.30. The summed E-state index contributed by atoms with van der Waals surface area (Å²) < 4.78 is 11.6. The molecular weight excluding hydrogens is 306 g/mol. The van der Waals surface area contributed by atoms with Crippen molar-refractivity contribution in [2.45, 2.75) is 25.0 Å². The number of amides is 1. The predicted molar refractivity (Wildman–Crippen MR) is 89.6 cm³/mol. The molecular formula is C18H19N3O3. The van der Waals surface area contributed by atoms with Crippen LogP contribution >= 0.6 is 0 Å². The third-order valence-corrected chi connectivity index (χ3v) is 4.02. The molecule has 1 aliphatic carbocycles. The maximum absolute atomic E-state index is 11.9. The minimum absolute atomic E-state index is 0.0582. The van der Waals surface area contributed by atoms with E-state index in [1.807, 2.05) is 24.3 Å². The second-order valence-electron chi connectivity index (χ2n) is 6.06. The maximum Gasteiger partial charge on any atom is 0.253 e. The van der Waals surface area contributed by atoms with Crippen LogP contribution in [0.1, 0.15) is 23.2 Å². The molecule has 2 heterocycles. The van der Waals surface area contributed by atoms with E-state index in [1.54, 1.807) is 18.3 Å². The standard InChI is InChI=1S/C18H19N3O3/c22-18(21-13-6-7-13)12-5-8-17(19-9-12)20-10-14-11-23-15-3-1-2-4-16(15)24-14/h1-5,8-9,13-14H,6-7,10-11H2,(H,19,20)(H,21,22). The number of fused-ring (bicyclic) bond motifs is 1. The molecule has 1 aromatic heterocycles. The fourth-order valence-corrected chi connectivity index (χ4v) is 2.51. The van der Waals surface area contributed by atoms with E-state index in [9.17, 15) is 4.79 Å². The molecule has 1 amide bonds. The number of anilines is 1. The van der Waals surface area contributed by atoms with Crippen molar-refractivity contribution in [3.8, 4) is 11.5 Å². The van der Waals surface area contributed by atoms with Gasteiger partial charge in [0.15, 0.2) is 11.5 Å². The number of aromatic nitrogens is 1. The van der Waals surface area contributed by atoms with E-state index in [4.69, 9.17) is 9.47 Å². The zero-order valence-electron chi connectivity index (χ0n) is 13.2. The molecule has 4 rings (SSSR count). The van der Waals surface area contributed by atoms with Gasteiger partial charge in [-0.25, -0.2) is 4.98 Å². The molecule has 0 radical (unpaired) electrons. The van der Waals surface area contributed by atoms with E-state index in [0.717, 1.165) is 24.3 Å². The predicted octanol–water partition coefficient (Wildman–Crippen LogP) is 2.23. The number of benzene rings is 1. The first kappa shape index (κ1) is 14.8. The van der Waals surface area contributed by atoms with Crippen LogP contribution in [0.2, 0.25) is 0 Å². The molecule has 1 fully saturated rings. The van der Waals surface area contributed by atoms with Crippen molar-refractivity contribution in [3.63, 3.8) is 0 Å². The van der Waals surface area contributed by atoms with Crippen molar-refractivity contribution < 1.29 is 14.3 Å². The van der Waals surface area contributed by atoms with Gasteiger partial charge in [-0.05, 0) is 37.1 Å². The molecule has 1 aliphatic heterocycles. The van der Waals surface area contributed by atoms with Crippen molar-refractivity contribution in [1.82, 2.24) is 10.3 Å². The molecule has 2 aromatic rings. The first-order chi connectivity index (χ1) is 11.8. The topological polar surface area (TPSA) is 72.5 Å². The fraction of sp³-hybridized carbons (Fsp3) is 0.333. The van der Waals surface area contributed by atoms with E-state index < -0.39 is 0 Å². The molecule has 2 N–H and O–H groups in total. The van der Waals surface area contributed by atoms with Gasteiger partial charge in [0.1, 0.15) is 18.5 Å². The van der Waals surface area contributed by atoms with Gasteiger partial charge >= 0.3 is 0 Å². The first-order valence-corrected chi connectivity index (χ1v) is 8.17. The highest BCUT2D eigenvalue weighted by molar-refractivity contribution is 5.94. The molecule has 0 bridgehead atoms. The Morgan fingerprint density at radius 2 is 2.00 bits per heavy atom. The van der Waals surface area contributed by atoms with Gasteiger partial charge in [0.2, 0.25) is 0 Å². The fourth-order valence-electron chi connectivity index (χ4n) is 2.51. The summed E-state index contributed by atoms with van der Waals surface area (Å²) in [5, 5.41) is 6.16. The molecule has 2 aliphatic rings. The van der Waals surface area contributed by atoms with Crippen LogP contribution in [0.3, 0.4) is 0 Å². The average molecular weight is 325 g/mol. The smallest absolute Gasteiger partial charge is 0.253 e. The SMILES string of the molecule is O=C(NC1CC1)c1ccc(NCC2COc3ccccc3O2)nc1.